The van der Waals surface area contributed by atoms with Crippen LogP contribution in [0.3, 0.4) is 0 Å². The molecule has 0 bridgehead atoms. The van der Waals surface area contributed by atoms with Gasteiger partial charge >= 0.3 is 0 Å². The van der Waals surface area contributed by atoms with E-state index < -0.39 is 0 Å². The molecule has 6 nitrogen and oxygen atoms in total. The summed E-state index contributed by atoms with van der Waals surface area (Å²) < 4.78 is 16.0. The normalized spacial score (nSPS) is 10.4. The van der Waals surface area contributed by atoms with E-state index in [9.17, 15) is 0 Å². The Balaban J connectivity index is 1.98. The molecule has 2 aromatic carbocycles. The van der Waals surface area contributed by atoms with Gasteiger partial charge in [0.2, 0.25) is 5.75 Å². The fourth-order valence-electron chi connectivity index (χ4n) is 2.20. The van der Waals surface area contributed by atoms with Crippen LogP contribution < -0.4 is 25.0 Å². The van der Waals surface area contributed by atoms with Crippen LogP contribution in [0.15, 0.2) is 47.6 Å². The van der Waals surface area contributed by atoms with Gasteiger partial charge in [0, 0.05) is 12.1 Å². The molecule has 7 heteroatoms. The number of thiocarbonyl (C=S) groups is 1. The second kappa shape index (κ2) is 9.48. The zero-order valence-electron chi connectivity index (χ0n) is 14.4. The molecule has 0 spiro atoms. The lowest BCUT2D eigenvalue weighted by Gasteiger charge is -2.13. The van der Waals surface area contributed by atoms with E-state index in [1.54, 1.807) is 33.6 Å². The van der Waals surface area contributed by atoms with Crippen LogP contribution in [-0.4, -0.2) is 32.7 Å². The highest BCUT2D eigenvalue weighted by Gasteiger charge is 2.14. The standard InChI is InChI=1S/C18H21N3O3S/c1-22-15-10-9-14(16(23-2)17(15)24-3)12-20-21-18(25)19-11-13-7-5-4-6-8-13/h4-10,12H,11H2,1-3H3,(H2,19,21,25)/b20-12+. The molecule has 0 saturated heterocycles. The molecule has 2 rings (SSSR count). The number of hydrogen-bond donors (Lipinski definition) is 2. The Hall–Kier alpha value is -2.80. The Morgan fingerprint density at radius 3 is 2.36 bits per heavy atom. The van der Waals surface area contributed by atoms with Gasteiger partial charge in [-0.3, -0.25) is 5.43 Å². The van der Waals surface area contributed by atoms with Crippen molar-refractivity contribution >= 4 is 23.5 Å². The SMILES string of the molecule is COc1ccc(/C=N/NC(=S)NCc2ccccc2)c(OC)c1OC. The van der Waals surface area contributed by atoms with Gasteiger partial charge in [0.1, 0.15) is 0 Å². The maximum atomic E-state index is 5.40. The van der Waals surface area contributed by atoms with E-state index in [0.29, 0.717) is 28.9 Å². The number of nitrogens with zero attached hydrogens (tertiary/aromatic N) is 1. The lowest BCUT2D eigenvalue weighted by Crippen LogP contribution is -2.31. The van der Waals surface area contributed by atoms with Gasteiger partial charge in [0.25, 0.3) is 0 Å². The molecular weight excluding hydrogens is 338 g/mol. The summed E-state index contributed by atoms with van der Waals surface area (Å²) in [7, 11) is 4.69. The van der Waals surface area contributed by atoms with E-state index >= 15 is 0 Å². The molecule has 0 amide bonds. The highest BCUT2D eigenvalue weighted by atomic mass is 32.1. The summed E-state index contributed by atoms with van der Waals surface area (Å²) in [6.07, 6.45) is 1.61. The van der Waals surface area contributed by atoms with Crippen molar-refractivity contribution < 1.29 is 14.2 Å². The van der Waals surface area contributed by atoms with Crippen molar-refractivity contribution in [2.24, 2.45) is 5.10 Å². The molecule has 0 fully saturated rings. The largest absolute Gasteiger partial charge is 0.493 e. The fraction of sp³-hybridized carbons (Fsp3) is 0.222. The molecule has 132 valence electrons. The van der Waals surface area contributed by atoms with Gasteiger partial charge in [-0.25, -0.2) is 0 Å². The fourth-order valence-corrected chi connectivity index (χ4v) is 2.33. The minimum atomic E-state index is 0.430. The van der Waals surface area contributed by atoms with Crippen molar-refractivity contribution in [3.8, 4) is 17.2 Å². The lowest BCUT2D eigenvalue weighted by atomic mass is 10.2. The second-order valence-corrected chi connectivity index (χ2v) is 5.37. The van der Waals surface area contributed by atoms with Crippen molar-refractivity contribution in [3.63, 3.8) is 0 Å². The third kappa shape index (κ3) is 5.09. The molecule has 0 heterocycles. The van der Waals surface area contributed by atoms with Crippen molar-refractivity contribution in [1.29, 1.82) is 0 Å². The number of ether oxygens (including phenoxy) is 3. The summed E-state index contributed by atoms with van der Waals surface area (Å²) in [6.45, 7) is 0.627. The molecule has 0 aliphatic heterocycles. The van der Waals surface area contributed by atoms with Gasteiger partial charge in [0.05, 0.1) is 27.5 Å². The van der Waals surface area contributed by atoms with Crippen molar-refractivity contribution in [3.05, 3.63) is 53.6 Å². The number of nitrogens with one attached hydrogen (secondary N) is 2. The zero-order valence-corrected chi connectivity index (χ0v) is 15.2. The monoisotopic (exact) mass is 359 g/mol. The Bertz CT molecular complexity index is 736. The smallest absolute Gasteiger partial charge is 0.203 e. The quantitative estimate of drug-likeness (QED) is 0.450. The topological polar surface area (TPSA) is 64.1 Å². The Morgan fingerprint density at radius 2 is 1.72 bits per heavy atom. The van der Waals surface area contributed by atoms with Gasteiger partial charge in [0.15, 0.2) is 16.6 Å². The average molecular weight is 359 g/mol. The third-order valence-corrected chi connectivity index (χ3v) is 3.64. The molecule has 0 aliphatic rings. The van der Waals surface area contributed by atoms with Crippen LogP contribution in [0, 0.1) is 0 Å². The van der Waals surface area contributed by atoms with Crippen molar-refractivity contribution in [1.82, 2.24) is 10.7 Å². The first kappa shape index (κ1) is 18.5. The third-order valence-electron chi connectivity index (χ3n) is 3.40. The van der Waals surface area contributed by atoms with Gasteiger partial charge in [-0.2, -0.15) is 5.10 Å². The summed E-state index contributed by atoms with van der Waals surface area (Å²) in [4.78, 5) is 0. The van der Waals surface area contributed by atoms with Crippen LogP contribution in [0.5, 0.6) is 17.2 Å². The van der Waals surface area contributed by atoms with Crippen LogP contribution in [0.1, 0.15) is 11.1 Å². The van der Waals surface area contributed by atoms with E-state index in [1.165, 1.54) is 0 Å². The first-order valence-corrected chi connectivity index (χ1v) is 8.00. The summed E-state index contributed by atoms with van der Waals surface area (Å²) in [5.74, 6) is 1.64. The minimum absolute atomic E-state index is 0.430. The number of benzene rings is 2. The molecule has 0 aromatic heterocycles. The summed E-state index contributed by atoms with van der Waals surface area (Å²) >= 11 is 5.21. The van der Waals surface area contributed by atoms with Crippen LogP contribution in [0.25, 0.3) is 0 Å². The number of hydrogen-bond acceptors (Lipinski definition) is 5. The van der Waals surface area contributed by atoms with E-state index in [1.807, 2.05) is 36.4 Å². The Morgan fingerprint density at radius 1 is 1.00 bits per heavy atom. The highest BCUT2D eigenvalue weighted by Crippen LogP contribution is 2.38. The van der Waals surface area contributed by atoms with E-state index in [2.05, 4.69) is 15.8 Å². The van der Waals surface area contributed by atoms with Gasteiger partial charge in [-0.1, -0.05) is 30.3 Å². The number of methoxy groups -OCH3 is 3. The van der Waals surface area contributed by atoms with Gasteiger partial charge < -0.3 is 19.5 Å². The first-order chi connectivity index (χ1) is 12.2. The zero-order chi connectivity index (χ0) is 18.1. The van der Waals surface area contributed by atoms with E-state index in [0.717, 1.165) is 11.1 Å². The van der Waals surface area contributed by atoms with Crippen LogP contribution in [-0.2, 0) is 6.54 Å². The molecule has 2 aromatic rings. The number of hydrazone groups is 1. The molecule has 0 aliphatic carbocycles. The van der Waals surface area contributed by atoms with Crippen LogP contribution in [0.2, 0.25) is 0 Å². The molecular formula is C18H21N3O3S. The highest BCUT2D eigenvalue weighted by molar-refractivity contribution is 7.80. The molecule has 0 atom stereocenters. The predicted octanol–water partition coefficient (Wildman–Crippen LogP) is 2.71. The van der Waals surface area contributed by atoms with Gasteiger partial charge in [-0.05, 0) is 29.9 Å². The van der Waals surface area contributed by atoms with E-state index in [4.69, 9.17) is 26.4 Å². The predicted molar refractivity (Wildman–Crippen MR) is 103 cm³/mol. The Labute approximate surface area is 152 Å². The number of rotatable bonds is 7. The summed E-state index contributed by atoms with van der Waals surface area (Å²) in [5, 5.41) is 7.65. The second-order valence-electron chi connectivity index (χ2n) is 4.96. The molecule has 25 heavy (non-hydrogen) atoms. The van der Waals surface area contributed by atoms with Crippen LogP contribution in [0.4, 0.5) is 0 Å². The van der Waals surface area contributed by atoms with E-state index in [-0.39, 0.29) is 0 Å². The van der Waals surface area contributed by atoms with Crippen molar-refractivity contribution in [2.45, 2.75) is 6.54 Å². The average Bonchev–Trinajstić information content (AvgIpc) is 2.66. The lowest BCUT2D eigenvalue weighted by molar-refractivity contribution is 0.324. The first-order valence-electron chi connectivity index (χ1n) is 7.59. The molecule has 0 saturated carbocycles. The molecule has 0 radical (unpaired) electrons. The summed E-state index contributed by atoms with van der Waals surface area (Å²) in [5.41, 5.74) is 4.65. The van der Waals surface area contributed by atoms with Gasteiger partial charge in [-0.15, -0.1) is 0 Å². The summed E-state index contributed by atoms with van der Waals surface area (Å²) in [6, 6.07) is 13.6. The van der Waals surface area contributed by atoms with Crippen LogP contribution >= 0.6 is 12.2 Å². The maximum Gasteiger partial charge on any atom is 0.203 e. The molecule has 0 unspecified atom stereocenters. The maximum absolute atomic E-state index is 5.40. The minimum Gasteiger partial charge on any atom is -0.493 e. The Kier molecular flexibility index (Phi) is 7.03. The molecule has 2 N–H and O–H groups in total. The van der Waals surface area contributed by atoms with Crippen molar-refractivity contribution in [2.75, 3.05) is 21.3 Å².